The van der Waals surface area contributed by atoms with Gasteiger partial charge >= 0.3 is 0 Å². The lowest BCUT2D eigenvalue weighted by atomic mass is 10.2. The van der Waals surface area contributed by atoms with Crippen molar-refractivity contribution >= 4 is 27.3 Å². The van der Waals surface area contributed by atoms with Gasteiger partial charge in [0.15, 0.2) is 15.6 Å². The second-order valence-corrected chi connectivity index (χ2v) is 7.31. The number of nitrogens with one attached hydrogen (secondary N) is 2. The van der Waals surface area contributed by atoms with Crippen molar-refractivity contribution < 1.29 is 26.8 Å². The van der Waals surface area contributed by atoms with Crippen molar-refractivity contribution in [1.29, 1.82) is 0 Å². The fourth-order valence-corrected chi connectivity index (χ4v) is 2.64. The van der Waals surface area contributed by atoms with Crippen LogP contribution in [0.5, 0.6) is 0 Å². The number of sulfone groups is 1. The van der Waals surface area contributed by atoms with E-state index in [1.165, 1.54) is 12.3 Å². The summed E-state index contributed by atoms with van der Waals surface area (Å²) in [5, 5.41) is 4.91. The zero-order chi connectivity index (χ0) is 18.4. The Balaban J connectivity index is 1.83. The van der Waals surface area contributed by atoms with Crippen LogP contribution in [0.2, 0.25) is 0 Å². The van der Waals surface area contributed by atoms with Crippen LogP contribution in [0.3, 0.4) is 0 Å². The maximum Gasteiger partial charge on any atom is 0.286 e. The lowest BCUT2D eigenvalue weighted by molar-refractivity contribution is -0.116. The number of amides is 2. The van der Waals surface area contributed by atoms with Crippen LogP contribution in [-0.4, -0.2) is 33.0 Å². The highest BCUT2D eigenvalue weighted by Gasteiger charge is 2.13. The minimum absolute atomic E-state index is 0.0287. The van der Waals surface area contributed by atoms with E-state index in [2.05, 4.69) is 10.6 Å². The third-order valence-electron chi connectivity index (χ3n) is 3.25. The molecule has 0 saturated heterocycles. The number of benzene rings is 1. The molecular formula is C16H17FN2O5S. The highest BCUT2D eigenvalue weighted by atomic mass is 32.2. The largest absolute Gasteiger partial charge is 0.459 e. The molecule has 1 aromatic heterocycles. The van der Waals surface area contributed by atoms with Crippen LogP contribution in [0, 0.1) is 5.82 Å². The van der Waals surface area contributed by atoms with Gasteiger partial charge in [-0.3, -0.25) is 9.59 Å². The first-order valence-electron chi connectivity index (χ1n) is 7.38. The van der Waals surface area contributed by atoms with Crippen molar-refractivity contribution in [2.45, 2.75) is 17.7 Å². The summed E-state index contributed by atoms with van der Waals surface area (Å²) in [5.41, 5.74) is -0.201. The molecule has 2 amide bonds. The first-order valence-corrected chi connectivity index (χ1v) is 9.27. The number of hydrogen-bond donors (Lipinski definition) is 2. The minimum Gasteiger partial charge on any atom is -0.459 e. The van der Waals surface area contributed by atoms with Gasteiger partial charge in [0, 0.05) is 19.2 Å². The van der Waals surface area contributed by atoms with E-state index in [9.17, 15) is 22.4 Å². The first-order chi connectivity index (χ1) is 11.8. The zero-order valence-electron chi connectivity index (χ0n) is 13.4. The number of furan rings is 1. The summed E-state index contributed by atoms with van der Waals surface area (Å²) < 4.78 is 41.6. The number of carbonyl (C=O) groups excluding carboxylic acids is 2. The lowest BCUT2D eigenvalue weighted by Crippen LogP contribution is -2.25. The van der Waals surface area contributed by atoms with Gasteiger partial charge < -0.3 is 15.1 Å². The molecule has 0 fully saturated rings. The average Bonchev–Trinajstić information content (AvgIpc) is 3.07. The van der Waals surface area contributed by atoms with E-state index in [0.29, 0.717) is 6.42 Å². The topological polar surface area (TPSA) is 105 Å². The average molecular weight is 368 g/mol. The van der Waals surface area contributed by atoms with E-state index in [4.69, 9.17) is 4.42 Å². The molecule has 0 radical (unpaired) electrons. The lowest BCUT2D eigenvalue weighted by Gasteiger charge is -2.08. The van der Waals surface area contributed by atoms with E-state index in [-0.39, 0.29) is 29.3 Å². The SMILES string of the molecule is CS(=O)(=O)c1ccc(F)c(NC(=O)CCCNC(=O)c2ccco2)c1. The van der Waals surface area contributed by atoms with Crippen molar-refractivity contribution in [3.8, 4) is 0 Å². The van der Waals surface area contributed by atoms with E-state index in [0.717, 1.165) is 24.5 Å². The van der Waals surface area contributed by atoms with Gasteiger partial charge in [-0.1, -0.05) is 0 Å². The quantitative estimate of drug-likeness (QED) is 0.574. The molecule has 134 valence electrons. The summed E-state index contributed by atoms with van der Waals surface area (Å²) in [7, 11) is -3.50. The Hall–Kier alpha value is -2.68. The molecule has 0 unspecified atom stereocenters. The first kappa shape index (κ1) is 18.7. The molecule has 0 atom stereocenters. The van der Waals surface area contributed by atoms with Gasteiger partial charge in [0.2, 0.25) is 5.91 Å². The summed E-state index contributed by atoms with van der Waals surface area (Å²) >= 11 is 0. The van der Waals surface area contributed by atoms with Crippen LogP contribution in [0.1, 0.15) is 23.4 Å². The Morgan fingerprint density at radius 1 is 1.24 bits per heavy atom. The third-order valence-corrected chi connectivity index (χ3v) is 4.36. The molecule has 2 rings (SSSR count). The summed E-state index contributed by atoms with van der Waals surface area (Å²) in [5.74, 6) is -1.44. The maximum absolute atomic E-state index is 13.7. The summed E-state index contributed by atoms with van der Waals surface area (Å²) in [4.78, 5) is 23.4. The molecule has 0 spiro atoms. The predicted octanol–water partition coefficient (Wildman–Crippen LogP) is 1.97. The standard InChI is InChI=1S/C16H17FN2O5S/c1-25(22,23)11-6-7-12(17)13(10-11)19-15(20)5-2-8-18-16(21)14-4-3-9-24-14/h3-4,6-7,9-10H,2,5,8H2,1H3,(H,18,21)(H,19,20). The van der Waals surface area contributed by atoms with Gasteiger partial charge in [-0.2, -0.15) is 0 Å². The molecule has 0 aliphatic heterocycles. The van der Waals surface area contributed by atoms with Gasteiger partial charge in [-0.15, -0.1) is 0 Å². The maximum atomic E-state index is 13.7. The summed E-state index contributed by atoms with van der Waals surface area (Å²) in [6.45, 7) is 0.235. The van der Waals surface area contributed by atoms with Crippen LogP contribution in [-0.2, 0) is 14.6 Å². The zero-order valence-corrected chi connectivity index (χ0v) is 14.2. The van der Waals surface area contributed by atoms with E-state index < -0.39 is 27.5 Å². The van der Waals surface area contributed by atoms with Gasteiger partial charge in [-0.25, -0.2) is 12.8 Å². The number of rotatable bonds is 7. The monoisotopic (exact) mass is 368 g/mol. The normalized spacial score (nSPS) is 11.1. The molecule has 0 saturated carbocycles. The van der Waals surface area contributed by atoms with E-state index in [1.54, 1.807) is 6.07 Å². The van der Waals surface area contributed by atoms with Crippen LogP contribution in [0.4, 0.5) is 10.1 Å². The molecule has 7 nitrogen and oxygen atoms in total. The molecular weight excluding hydrogens is 351 g/mol. The van der Waals surface area contributed by atoms with Crippen molar-refractivity contribution in [3.05, 3.63) is 48.2 Å². The van der Waals surface area contributed by atoms with Crippen molar-refractivity contribution in [1.82, 2.24) is 5.32 Å². The van der Waals surface area contributed by atoms with Crippen molar-refractivity contribution in [2.24, 2.45) is 0 Å². The van der Waals surface area contributed by atoms with E-state index in [1.807, 2.05) is 0 Å². The van der Waals surface area contributed by atoms with Gasteiger partial charge in [0.1, 0.15) is 5.82 Å². The van der Waals surface area contributed by atoms with Crippen LogP contribution < -0.4 is 10.6 Å². The third kappa shape index (κ3) is 5.42. The molecule has 0 bridgehead atoms. The Bertz CT molecular complexity index is 863. The Morgan fingerprint density at radius 2 is 2.00 bits per heavy atom. The van der Waals surface area contributed by atoms with Crippen molar-refractivity contribution in [2.75, 3.05) is 18.1 Å². The Labute approximate surface area is 144 Å². The number of anilines is 1. The second kappa shape index (κ2) is 7.93. The molecule has 0 aliphatic carbocycles. The highest BCUT2D eigenvalue weighted by Crippen LogP contribution is 2.19. The van der Waals surface area contributed by atoms with Crippen LogP contribution in [0.25, 0.3) is 0 Å². The number of hydrogen-bond acceptors (Lipinski definition) is 5. The van der Waals surface area contributed by atoms with Gasteiger partial charge in [0.05, 0.1) is 16.8 Å². The molecule has 2 N–H and O–H groups in total. The molecule has 25 heavy (non-hydrogen) atoms. The Morgan fingerprint density at radius 3 is 2.64 bits per heavy atom. The number of halogens is 1. The molecule has 0 aliphatic rings. The minimum atomic E-state index is -3.50. The summed E-state index contributed by atoms with van der Waals surface area (Å²) in [6, 6.07) is 6.28. The molecule has 2 aromatic rings. The van der Waals surface area contributed by atoms with Gasteiger partial charge in [-0.05, 0) is 36.8 Å². The fraction of sp³-hybridized carbons (Fsp3) is 0.250. The van der Waals surface area contributed by atoms with Crippen molar-refractivity contribution in [3.63, 3.8) is 0 Å². The molecule has 9 heteroatoms. The van der Waals surface area contributed by atoms with E-state index >= 15 is 0 Å². The smallest absolute Gasteiger partial charge is 0.286 e. The second-order valence-electron chi connectivity index (χ2n) is 5.30. The Kier molecular flexibility index (Phi) is 5.92. The molecule has 1 heterocycles. The van der Waals surface area contributed by atoms with Gasteiger partial charge in [0.25, 0.3) is 5.91 Å². The highest BCUT2D eigenvalue weighted by molar-refractivity contribution is 7.90. The van der Waals surface area contributed by atoms with Crippen LogP contribution >= 0.6 is 0 Å². The fourth-order valence-electron chi connectivity index (χ4n) is 1.99. The van der Waals surface area contributed by atoms with Crippen LogP contribution in [0.15, 0.2) is 45.9 Å². The number of carbonyl (C=O) groups is 2. The molecule has 1 aromatic carbocycles. The predicted molar refractivity (Wildman–Crippen MR) is 88.4 cm³/mol. The summed E-state index contributed by atoms with van der Waals surface area (Å²) in [6.07, 6.45) is 2.72.